The highest BCUT2D eigenvalue weighted by Gasteiger charge is 2.33. The Kier molecular flexibility index (Phi) is 2.96. The van der Waals surface area contributed by atoms with Crippen LogP contribution in [-0.2, 0) is 11.2 Å². The Labute approximate surface area is 107 Å². The topological polar surface area (TPSA) is 41.6 Å². The highest BCUT2D eigenvalue weighted by molar-refractivity contribution is 5.82. The summed E-state index contributed by atoms with van der Waals surface area (Å²) in [6.45, 7) is 4.52. The highest BCUT2D eigenvalue weighted by atomic mass is 16.5. The normalized spacial score (nSPS) is 26.6. The Balaban J connectivity index is 1.68. The van der Waals surface area contributed by atoms with E-state index in [4.69, 9.17) is 4.74 Å². The summed E-state index contributed by atoms with van der Waals surface area (Å²) in [6, 6.07) is 8.26. The smallest absolute Gasteiger partial charge is 0.264 e. The van der Waals surface area contributed by atoms with Gasteiger partial charge in [-0.3, -0.25) is 4.79 Å². The number of fused-ring (bicyclic) bond motifs is 1. The summed E-state index contributed by atoms with van der Waals surface area (Å²) < 4.78 is 5.75. The number of ether oxygens (including phenoxy) is 1. The van der Waals surface area contributed by atoms with Crippen LogP contribution in [0.2, 0.25) is 0 Å². The number of hydrogen-bond acceptors (Lipinski definition) is 3. The van der Waals surface area contributed by atoms with Crippen molar-refractivity contribution in [3.8, 4) is 5.75 Å². The Morgan fingerprint density at radius 3 is 3.06 bits per heavy atom. The molecule has 1 aromatic rings. The number of nitrogens with one attached hydrogen (secondary N) is 1. The van der Waals surface area contributed by atoms with Crippen LogP contribution in [0.4, 0.5) is 0 Å². The van der Waals surface area contributed by atoms with Gasteiger partial charge in [0.2, 0.25) is 0 Å². The molecule has 2 aliphatic rings. The van der Waals surface area contributed by atoms with E-state index in [2.05, 4.69) is 12.2 Å². The van der Waals surface area contributed by atoms with Gasteiger partial charge in [-0.25, -0.2) is 0 Å². The molecule has 2 aliphatic heterocycles. The average molecular weight is 246 g/mol. The molecule has 1 N–H and O–H groups in total. The molecule has 3 rings (SSSR count). The minimum absolute atomic E-state index is 0.125. The van der Waals surface area contributed by atoms with Crippen LogP contribution >= 0.6 is 0 Å². The summed E-state index contributed by atoms with van der Waals surface area (Å²) in [5, 5.41) is 3.34. The molecule has 0 unspecified atom stereocenters. The number of piperazine rings is 1. The van der Waals surface area contributed by atoms with Gasteiger partial charge in [0.1, 0.15) is 5.75 Å². The van der Waals surface area contributed by atoms with Gasteiger partial charge in [0.25, 0.3) is 5.91 Å². The lowest BCUT2D eigenvalue weighted by Crippen LogP contribution is -2.54. The van der Waals surface area contributed by atoms with Crippen LogP contribution in [0.25, 0.3) is 0 Å². The number of rotatable bonds is 1. The fraction of sp³-hybridized carbons (Fsp3) is 0.500. The third kappa shape index (κ3) is 2.08. The van der Waals surface area contributed by atoms with Gasteiger partial charge in [-0.2, -0.15) is 0 Å². The number of hydrogen-bond donors (Lipinski definition) is 1. The molecule has 18 heavy (non-hydrogen) atoms. The summed E-state index contributed by atoms with van der Waals surface area (Å²) in [7, 11) is 0. The first kappa shape index (κ1) is 11.5. The van der Waals surface area contributed by atoms with Crippen LogP contribution in [0.15, 0.2) is 24.3 Å². The Hall–Kier alpha value is -1.55. The van der Waals surface area contributed by atoms with Gasteiger partial charge < -0.3 is 15.0 Å². The lowest BCUT2D eigenvalue weighted by Gasteiger charge is -2.33. The molecule has 1 amide bonds. The largest absolute Gasteiger partial charge is 0.480 e. The molecule has 0 saturated carbocycles. The average Bonchev–Trinajstić information content (AvgIpc) is 2.81. The maximum Gasteiger partial charge on any atom is 0.264 e. The molecule has 4 heteroatoms. The zero-order valence-corrected chi connectivity index (χ0v) is 10.6. The SMILES string of the molecule is C[C@H]1CN(C(=O)[C@@H]2Cc3ccccc3O2)CCN1. The van der Waals surface area contributed by atoms with Crippen molar-refractivity contribution in [2.24, 2.45) is 0 Å². The van der Waals surface area contributed by atoms with Crippen molar-refractivity contribution in [1.29, 1.82) is 0 Å². The van der Waals surface area contributed by atoms with Crippen LogP contribution in [-0.4, -0.2) is 42.6 Å². The fourth-order valence-electron chi connectivity index (χ4n) is 2.66. The summed E-state index contributed by atoms with van der Waals surface area (Å²) >= 11 is 0. The van der Waals surface area contributed by atoms with Gasteiger partial charge in [-0.1, -0.05) is 18.2 Å². The predicted octanol–water partition coefficient (Wildman–Crippen LogP) is 0.810. The Morgan fingerprint density at radius 1 is 1.44 bits per heavy atom. The Morgan fingerprint density at radius 2 is 2.28 bits per heavy atom. The standard InChI is InChI=1S/C14H18N2O2/c1-10-9-16(7-6-15-10)14(17)13-8-11-4-2-3-5-12(11)18-13/h2-5,10,13,15H,6-9H2,1H3/t10-,13-/m0/s1. The van der Waals surface area contributed by atoms with Crippen molar-refractivity contribution < 1.29 is 9.53 Å². The van der Waals surface area contributed by atoms with Crippen LogP contribution in [0.3, 0.4) is 0 Å². The molecule has 1 aromatic carbocycles. The number of para-hydroxylation sites is 1. The van der Waals surface area contributed by atoms with Crippen molar-refractivity contribution >= 4 is 5.91 Å². The van der Waals surface area contributed by atoms with Crippen LogP contribution in [0.1, 0.15) is 12.5 Å². The van der Waals surface area contributed by atoms with Gasteiger partial charge in [0.15, 0.2) is 6.10 Å². The lowest BCUT2D eigenvalue weighted by atomic mass is 10.1. The number of carbonyl (C=O) groups excluding carboxylic acids is 1. The van der Waals surface area contributed by atoms with Gasteiger partial charge in [-0.05, 0) is 18.6 Å². The van der Waals surface area contributed by atoms with E-state index in [-0.39, 0.29) is 12.0 Å². The van der Waals surface area contributed by atoms with Crippen molar-refractivity contribution in [1.82, 2.24) is 10.2 Å². The van der Waals surface area contributed by atoms with Gasteiger partial charge in [0, 0.05) is 32.1 Å². The first-order chi connectivity index (χ1) is 8.74. The van der Waals surface area contributed by atoms with E-state index < -0.39 is 0 Å². The third-order valence-corrected chi connectivity index (χ3v) is 3.60. The van der Waals surface area contributed by atoms with Crippen LogP contribution < -0.4 is 10.1 Å². The molecule has 1 fully saturated rings. The molecular formula is C14H18N2O2. The van der Waals surface area contributed by atoms with Gasteiger partial charge >= 0.3 is 0 Å². The molecule has 4 nitrogen and oxygen atoms in total. The minimum Gasteiger partial charge on any atom is -0.480 e. The second-order valence-corrected chi connectivity index (χ2v) is 5.06. The number of carbonyl (C=O) groups is 1. The van der Waals surface area contributed by atoms with Crippen molar-refractivity contribution in [3.05, 3.63) is 29.8 Å². The van der Waals surface area contributed by atoms with E-state index >= 15 is 0 Å². The van der Waals surface area contributed by atoms with Crippen LogP contribution in [0, 0.1) is 0 Å². The van der Waals surface area contributed by atoms with E-state index in [0.29, 0.717) is 12.5 Å². The second-order valence-electron chi connectivity index (χ2n) is 5.06. The first-order valence-electron chi connectivity index (χ1n) is 6.51. The molecule has 0 spiro atoms. The van der Waals surface area contributed by atoms with Gasteiger partial charge in [-0.15, -0.1) is 0 Å². The van der Waals surface area contributed by atoms with Crippen molar-refractivity contribution in [3.63, 3.8) is 0 Å². The van der Waals surface area contributed by atoms with Gasteiger partial charge in [0.05, 0.1) is 0 Å². The number of benzene rings is 1. The molecule has 0 bridgehead atoms. The predicted molar refractivity (Wildman–Crippen MR) is 68.6 cm³/mol. The third-order valence-electron chi connectivity index (χ3n) is 3.60. The highest BCUT2D eigenvalue weighted by Crippen LogP contribution is 2.29. The molecule has 0 aliphatic carbocycles. The van der Waals surface area contributed by atoms with E-state index in [9.17, 15) is 4.79 Å². The summed E-state index contributed by atoms with van der Waals surface area (Å²) in [6.07, 6.45) is 0.375. The Bertz CT molecular complexity index is 436. The quantitative estimate of drug-likeness (QED) is 0.797. The molecule has 0 radical (unpaired) electrons. The van der Waals surface area contributed by atoms with E-state index in [1.807, 2.05) is 29.2 Å². The van der Waals surface area contributed by atoms with Crippen LogP contribution in [0.5, 0.6) is 5.75 Å². The first-order valence-corrected chi connectivity index (χ1v) is 6.51. The fourth-order valence-corrected chi connectivity index (χ4v) is 2.66. The second kappa shape index (κ2) is 4.61. The molecule has 2 atom stereocenters. The van der Waals surface area contributed by atoms with Crippen molar-refractivity contribution in [2.75, 3.05) is 19.6 Å². The van der Waals surface area contributed by atoms with E-state index in [1.54, 1.807) is 0 Å². The van der Waals surface area contributed by atoms with E-state index in [1.165, 1.54) is 0 Å². The molecule has 0 aromatic heterocycles. The summed E-state index contributed by atoms with van der Waals surface area (Å²) in [4.78, 5) is 14.3. The minimum atomic E-state index is -0.326. The summed E-state index contributed by atoms with van der Waals surface area (Å²) in [5.41, 5.74) is 1.14. The zero-order chi connectivity index (χ0) is 12.5. The summed E-state index contributed by atoms with van der Waals surface area (Å²) in [5.74, 6) is 0.985. The maximum absolute atomic E-state index is 12.4. The van der Waals surface area contributed by atoms with E-state index in [0.717, 1.165) is 30.9 Å². The molecule has 1 saturated heterocycles. The lowest BCUT2D eigenvalue weighted by molar-refractivity contribution is -0.139. The monoisotopic (exact) mass is 246 g/mol. The van der Waals surface area contributed by atoms with Crippen molar-refractivity contribution in [2.45, 2.75) is 25.5 Å². The molecule has 2 heterocycles. The zero-order valence-electron chi connectivity index (χ0n) is 10.6. The number of nitrogens with zero attached hydrogens (tertiary/aromatic N) is 1. The number of amides is 1. The maximum atomic E-state index is 12.4. The molecule has 96 valence electrons. The molecular weight excluding hydrogens is 228 g/mol.